The van der Waals surface area contributed by atoms with Crippen LogP contribution >= 0.6 is 0 Å². The highest BCUT2D eigenvalue weighted by molar-refractivity contribution is 5.37. The maximum atomic E-state index is 4.33. The van der Waals surface area contributed by atoms with Gasteiger partial charge in [0, 0.05) is 19.6 Å². The van der Waals surface area contributed by atoms with E-state index < -0.39 is 0 Å². The molecule has 1 fully saturated rings. The van der Waals surface area contributed by atoms with Crippen LogP contribution in [0.3, 0.4) is 0 Å². The Labute approximate surface area is 110 Å². The summed E-state index contributed by atoms with van der Waals surface area (Å²) < 4.78 is 0. The number of rotatable bonds is 4. The van der Waals surface area contributed by atoms with Gasteiger partial charge in [0.25, 0.3) is 0 Å². The Bertz CT molecular complexity index is 353. The molecule has 100 valence electrons. The van der Waals surface area contributed by atoms with Crippen LogP contribution in [0.1, 0.15) is 32.4 Å². The van der Waals surface area contributed by atoms with Gasteiger partial charge in [0.15, 0.2) is 5.82 Å². The maximum Gasteiger partial charge on any atom is 0.151 e. The van der Waals surface area contributed by atoms with Crippen LogP contribution in [0.25, 0.3) is 0 Å². The molecule has 0 radical (unpaired) electrons. The van der Waals surface area contributed by atoms with Crippen LogP contribution < -0.4 is 10.2 Å². The Balaban J connectivity index is 1.93. The second kappa shape index (κ2) is 6.14. The van der Waals surface area contributed by atoms with Gasteiger partial charge in [-0.05, 0) is 43.9 Å². The smallest absolute Gasteiger partial charge is 0.151 e. The van der Waals surface area contributed by atoms with Gasteiger partial charge in [-0.3, -0.25) is 0 Å². The van der Waals surface area contributed by atoms with Crippen LogP contribution in [0.15, 0.2) is 12.1 Å². The Morgan fingerprint density at radius 1 is 1.28 bits per heavy atom. The van der Waals surface area contributed by atoms with Gasteiger partial charge in [0.1, 0.15) is 0 Å². The van der Waals surface area contributed by atoms with E-state index in [9.17, 15) is 0 Å². The molecule has 0 unspecified atom stereocenters. The lowest BCUT2D eigenvalue weighted by Crippen LogP contribution is -2.35. The van der Waals surface area contributed by atoms with Crippen LogP contribution in [0.2, 0.25) is 0 Å². The van der Waals surface area contributed by atoms with E-state index in [4.69, 9.17) is 0 Å². The van der Waals surface area contributed by atoms with Crippen molar-refractivity contribution in [3.05, 3.63) is 17.8 Å². The summed E-state index contributed by atoms with van der Waals surface area (Å²) in [6.45, 7) is 7.66. The van der Waals surface area contributed by atoms with E-state index in [0.29, 0.717) is 0 Å². The number of hydrogen-bond acceptors (Lipinski definition) is 4. The van der Waals surface area contributed by atoms with E-state index in [2.05, 4.69) is 46.4 Å². The topological polar surface area (TPSA) is 41.0 Å². The van der Waals surface area contributed by atoms with Gasteiger partial charge in [-0.1, -0.05) is 13.8 Å². The molecule has 0 aliphatic carbocycles. The third kappa shape index (κ3) is 3.19. The van der Waals surface area contributed by atoms with E-state index >= 15 is 0 Å². The lowest BCUT2D eigenvalue weighted by molar-refractivity contribution is 0.310. The van der Waals surface area contributed by atoms with Crippen LogP contribution in [-0.2, 0) is 6.54 Å². The van der Waals surface area contributed by atoms with Gasteiger partial charge in [0.05, 0.1) is 5.69 Å². The zero-order chi connectivity index (χ0) is 13.0. The Kier molecular flexibility index (Phi) is 4.53. The standard InChI is InChI=1S/C14H24N4/c1-11(2)12-6-8-18(9-7-12)14-5-4-13(10-15-3)16-17-14/h4-5,11-12,15H,6-10H2,1-3H3. The van der Waals surface area contributed by atoms with Gasteiger partial charge in [-0.15, -0.1) is 5.10 Å². The molecule has 2 rings (SSSR count). The van der Waals surface area contributed by atoms with E-state index in [1.165, 1.54) is 12.8 Å². The van der Waals surface area contributed by atoms with Crippen LogP contribution in [0, 0.1) is 11.8 Å². The first-order valence-electron chi connectivity index (χ1n) is 6.93. The number of anilines is 1. The fourth-order valence-corrected chi connectivity index (χ4v) is 2.59. The molecule has 0 saturated carbocycles. The summed E-state index contributed by atoms with van der Waals surface area (Å²) in [5, 5.41) is 11.7. The van der Waals surface area contributed by atoms with E-state index in [1.807, 2.05) is 7.05 Å². The summed E-state index contributed by atoms with van der Waals surface area (Å²) >= 11 is 0. The first-order valence-corrected chi connectivity index (χ1v) is 6.93. The molecule has 2 heterocycles. The van der Waals surface area contributed by atoms with Crippen LogP contribution in [-0.4, -0.2) is 30.3 Å². The normalized spacial score (nSPS) is 17.4. The summed E-state index contributed by atoms with van der Waals surface area (Å²) in [7, 11) is 1.92. The Morgan fingerprint density at radius 2 is 2.00 bits per heavy atom. The van der Waals surface area contributed by atoms with Crippen molar-refractivity contribution in [2.75, 3.05) is 25.0 Å². The fraction of sp³-hybridized carbons (Fsp3) is 0.714. The summed E-state index contributed by atoms with van der Waals surface area (Å²) in [6.07, 6.45) is 2.55. The van der Waals surface area contributed by atoms with Crippen molar-refractivity contribution < 1.29 is 0 Å². The molecule has 0 spiro atoms. The molecule has 1 aromatic heterocycles. The second-order valence-electron chi connectivity index (χ2n) is 5.48. The fourth-order valence-electron chi connectivity index (χ4n) is 2.59. The Morgan fingerprint density at radius 3 is 2.50 bits per heavy atom. The molecule has 1 saturated heterocycles. The van der Waals surface area contributed by atoms with Gasteiger partial charge >= 0.3 is 0 Å². The molecule has 4 heteroatoms. The molecular formula is C14H24N4. The van der Waals surface area contributed by atoms with Crippen molar-refractivity contribution in [3.8, 4) is 0 Å². The van der Waals surface area contributed by atoms with Crippen molar-refractivity contribution in [2.24, 2.45) is 11.8 Å². The SMILES string of the molecule is CNCc1ccc(N2CCC(C(C)C)CC2)nn1. The molecule has 0 aromatic carbocycles. The van der Waals surface area contributed by atoms with E-state index in [-0.39, 0.29) is 0 Å². The highest BCUT2D eigenvalue weighted by Crippen LogP contribution is 2.26. The third-order valence-corrected chi connectivity index (χ3v) is 3.87. The Hall–Kier alpha value is -1.16. The lowest BCUT2D eigenvalue weighted by Gasteiger charge is -2.34. The summed E-state index contributed by atoms with van der Waals surface area (Å²) in [6, 6.07) is 4.16. The molecule has 1 N–H and O–H groups in total. The van der Waals surface area contributed by atoms with Crippen molar-refractivity contribution in [1.29, 1.82) is 0 Å². The average Bonchev–Trinajstić information content (AvgIpc) is 2.40. The number of piperidine rings is 1. The van der Waals surface area contributed by atoms with Crippen molar-refractivity contribution >= 4 is 5.82 Å². The minimum Gasteiger partial charge on any atom is -0.355 e. The molecule has 1 aliphatic heterocycles. The number of nitrogens with zero attached hydrogens (tertiary/aromatic N) is 3. The molecule has 4 nitrogen and oxygen atoms in total. The maximum absolute atomic E-state index is 4.33. The predicted molar refractivity (Wildman–Crippen MR) is 74.6 cm³/mol. The largest absolute Gasteiger partial charge is 0.355 e. The molecule has 18 heavy (non-hydrogen) atoms. The average molecular weight is 248 g/mol. The van der Waals surface area contributed by atoms with E-state index in [1.54, 1.807) is 0 Å². The lowest BCUT2D eigenvalue weighted by atomic mass is 9.87. The highest BCUT2D eigenvalue weighted by atomic mass is 15.3. The summed E-state index contributed by atoms with van der Waals surface area (Å²) in [4.78, 5) is 2.36. The van der Waals surface area contributed by atoms with Crippen molar-refractivity contribution in [1.82, 2.24) is 15.5 Å². The van der Waals surface area contributed by atoms with Crippen LogP contribution in [0.5, 0.6) is 0 Å². The monoisotopic (exact) mass is 248 g/mol. The minimum atomic E-state index is 0.780. The number of hydrogen-bond donors (Lipinski definition) is 1. The molecular weight excluding hydrogens is 224 g/mol. The molecule has 0 bridgehead atoms. The number of nitrogens with one attached hydrogen (secondary N) is 1. The second-order valence-corrected chi connectivity index (χ2v) is 5.48. The quantitative estimate of drug-likeness (QED) is 0.885. The summed E-state index contributed by atoms with van der Waals surface area (Å²) in [5.41, 5.74) is 0.998. The predicted octanol–water partition coefficient (Wildman–Crippen LogP) is 2.07. The van der Waals surface area contributed by atoms with Gasteiger partial charge < -0.3 is 10.2 Å². The van der Waals surface area contributed by atoms with E-state index in [0.717, 1.165) is 43.0 Å². The zero-order valence-corrected chi connectivity index (χ0v) is 11.7. The third-order valence-electron chi connectivity index (χ3n) is 3.87. The first kappa shape index (κ1) is 13.3. The van der Waals surface area contributed by atoms with Gasteiger partial charge in [0.2, 0.25) is 0 Å². The molecule has 1 aliphatic rings. The highest BCUT2D eigenvalue weighted by Gasteiger charge is 2.22. The number of aromatic nitrogens is 2. The minimum absolute atomic E-state index is 0.780. The van der Waals surface area contributed by atoms with Crippen molar-refractivity contribution in [3.63, 3.8) is 0 Å². The first-order chi connectivity index (χ1) is 8.70. The van der Waals surface area contributed by atoms with Crippen LogP contribution in [0.4, 0.5) is 5.82 Å². The zero-order valence-electron chi connectivity index (χ0n) is 11.7. The van der Waals surface area contributed by atoms with Gasteiger partial charge in [-0.25, -0.2) is 0 Å². The summed E-state index contributed by atoms with van der Waals surface area (Å²) in [5.74, 6) is 2.70. The molecule has 0 atom stereocenters. The van der Waals surface area contributed by atoms with Gasteiger partial charge in [-0.2, -0.15) is 5.10 Å². The molecule has 0 amide bonds. The molecule has 1 aromatic rings. The van der Waals surface area contributed by atoms with Crippen molar-refractivity contribution in [2.45, 2.75) is 33.2 Å².